The monoisotopic (exact) mass is 471 g/mol. The fourth-order valence-corrected chi connectivity index (χ4v) is 2.74. The van der Waals surface area contributed by atoms with Crippen LogP contribution in [0.3, 0.4) is 0 Å². The first-order valence-electron chi connectivity index (χ1n) is 10.0. The highest BCUT2D eigenvalue weighted by Gasteiger charge is 2.31. The lowest BCUT2D eigenvalue weighted by Crippen LogP contribution is -2.44. The van der Waals surface area contributed by atoms with Gasteiger partial charge in [-0.1, -0.05) is 0 Å². The van der Waals surface area contributed by atoms with Crippen LogP contribution in [0.25, 0.3) is 0 Å². The number of benzene rings is 1. The lowest BCUT2D eigenvalue weighted by atomic mass is 10.1. The molecular weight excluding hydrogens is 447 g/mol. The molecule has 2 N–H and O–H groups in total. The number of hydrazine groups is 1. The molecule has 0 radical (unpaired) electrons. The molecular formula is C21H24F3N3O6. The molecule has 12 heteroatoms. The highest BCUT2D eigenvalue weighted by Crippen LogP contribution is 2.39. The standard InChI is InChI=1S/C21H24F3N3O6/c1-4-31-15-9-13(10-16(32-5-2)19(15)33-6-3)20(30)26-25-17(28)12-27-11-14(21(22,23)24)7-8-18(27)29/h7-11H,4-6,12H2,1-3H3,(H,25,28)(H,26,30). The number of aromatic nitrogens is 1. The Morgan fingerprint density at radius 3 is 2.03 bits per heavy atom. The summed E-state index contributed by atoms with van der Waals surface area (Å²) in [5.74, 6) is -0.809. The van der Waals surface area contributed by atoms with Crippen molar-refractivity contribution in [2.75, 3.05) is 19.8 Å². The van der Waals surface area contributed by atoms with Crippen molar-refractivity contribution in [3.63, 3.8) is 0 Å². The second kappa shape index (κ2) is 11.2. The lowest BCUT2D eigenvalue weighted by molar-refractivity contribution is -0.138. The molecule has 0 aliphatic heterocycles. The van der Waals surface area contributed by atoms with Crippen molar-refractivity contribution in [3.8, 4) is 17.2 Å². The third-order valence-corrected chi connectivity index (χ3v) is 4.11. The van der Waals surface area contributed by atoms with Gasteiger partial charge in [0.2, 0.25) is 5.75 Å². The number of amides is 2. The molecule has 9 nitrogen and oxygen atoms in total. The van der Waals surface area contributed by atoms with E-state index in [1.807, 2.05) is 0 Å². The van der Waals surface area contributed by atoms with Gasteiger partial charge in [-0.3, -0.25) is 25.2 Å². The molecule has 0 fully saturated rings. The van der Waals surface area contributed by atoms with Crippen LogP contribution in [0, 0.1) is 0 Å². The highest BCUT2D eigenvalue weighted by atomic mass is 19.4. The Hall–Kier alpha value is -3.70. The molecule has 1 aromatic heterocycles. The highest BCUT2D eigenvalue weighted by molar-refractivity contribution is 5.96. The van der Waals surface area contributed by atoms with E-state index in [2.05, 4.69) is 10.9 Å². The molecule has 180 valence electrons. The van der Waals surface area contributed by atoms with Gasteiger partial charge in [-0.15, -0.1) is 0 Å². The normalized spacial score (nSPS) is 11.0. The molecule has 0 saturated carbocycles. The average molecular weight is 471 g/mol. The van der Waals surface area contributed by atoms with E-state index in [-0.39, 0.29) is 17.1 Å². The van der Waals surface area contributed by atoms with E-state index in [4.69, 9.17) is 14.2 Å². The topological polar surface area (TPSA) is 108 Å². The van der Waals surface area contributed by atoms with Crippen molar-refractivity contribution in [3.05, 3.63) is 51.9 Å². The van der Waals surface area contributed by atoms with Crippen LogP contribution in [-0.2, 0) is 17.5 Å². The van der Waals surface area contributed by atoms with Crippen LogP contribution in [0.4, 0.5) is 13.2 Å². The molecule has 0 aliphatic rings. The van der Waals surface area contributed by atoms with Gasteiger partial charge >= 0.3 is 6.18 Å². The van der Waals surface area contributed by atoms with Crippen molar-refractivity contribution in [2.45, 2.75) is 33.5 Å². The maximum absolute atomic E-state index is 12.8. The molecule has 0 atom stereocenters. The maximum Gasteiger partial charge on any atom is 0.417 e. The van der Waals surface area contributed by atoms with Gasteiger partial charge in [0.1, 0.15) is 6.54 Å². The van der Waals surface area contributed by atoms with Gasteiger partial charge in [0.05, 0.1) is 25.4 Å². The first-order chi connectivity index (χ1) is 15.6. The fourth-order valence-electron chi connectivity index (χ4n) is 2.74. The number of ether oxygens (including phenoxy) is 3. The first kappa shape index (κ1) is 25.6. The van der Waals surface area contributed by atoms with E-state index in [0.29, 0.717) is 48.5 Å². The van der Waals surface area contributed by atoms with Gasteiger partial charge < -0.3 is 18.8 Å². The smallest absolute Gasteiger partial charge is 0.417 e. The number of carbonyl (C=O) groups excluding carboxylic acids is 2. The summed E-state index contributed by atoms with van der Waals surface area (Å²) >= 11 is 0. The van der Waals surface area contributed by atoms with E-state index in [1.54, 1.807) is 20.8 Å². The molecule has 2 rings (SSSR count). The minimum absolute atomic E-state index is 0.0712. The summed E-state index contributed by atoms with van der Waals surface area (Å²) in [4.78, 5) is 36.4. The van der Waals surface area contributed by atoms with Gasteiger partial charge in [-0.2, -0.15) is 13.2 Å². The molecule has 0 unspecified atom stereocenters. The van der Waals surface area contributed by atoms with Crippen LogP contribution in [-0.4, -0.2) is 36.2 Å². The van der Waals surface area contributed by atoms with Crippen molar-refractivity contribution in [2.24, 2.45) is 0 Å². The zero-order valence-corrected chi connectivity index (χ0v) is 18.2. The number of alkyl halides is 3. The van der Waals surface area contributed by atoms with Crippen LogP contribution in [0.1, 0.15) is 36.7 Å². The summed E-state index contributed by atoms with van der Waals surface area (Å²) in [6, 6.07) is 4.13. The number of carbonyl (C=O) groups is 2. The molecule has 0 bridgehead atoms. The Morgan fingerprint density at radius 1 is 0.939 bits per heavy atom. The third kappa shape index (κ3) is 6.89. The zero-order chi connectivity index (χ0) is 24.6. The number of hydrogen-bond acceptors (Lipinski definition) is 6. The van der Waals surface area contributed by atoms with Gasteiger partial charge in [-0.05, 0) is 39.0 Å². The van der Waals surface area contributed by atoms with Crippen LogP contribution in [0.15, 0.2) is 35.3 Å². The van der Waals surface area contributed by atoms with Crippen molar-refractivity contribution in [1.82, 2.24) is 15.4 Å². The molecule has 1 aromatic carbocycles. The Labute approximate surface area is 187 Å². The summed E-state index contributed by atoms with van der Waals surface area (Å²) in [6.07, 6.45) is -4.15. The molecule has 2 aromatic rings. The predicted octanol–water partition coefficient (Wildman–Crippen LogP) is 2.52. The van der Waals surface area contributed by atoms with Crippen LogP contribution in [0.2, 0.25) is 0 Å². The van der Waals surface area contributed by atoms with Crippen LogP contribution < -0.4 is 30.6 Å². The van der Waals surface area contributed by atoms with E-state index in [1.165, 1.54) is 12.1 Å². The number of hydrogen-bond donors (Lipinski definition) is 2. The third-order valence-electron chi connectivity index (χ3n) is 4.11. The number of pyridine rings is 1. The lowest BCUT2D eigenvalue weighted by Gasteiger charge is -2.17. The van der Waals surface area contributed by atoms with E-state index in [0.717, 1.165) is 0 Å². The first-order valence-corrected chi connectivity index (χ1v) is 10.0. The Bertz CT molecular complexity index is 1030. The largest absolute Gasteiger partial charge is 0.490 e. The quantitative estimate of drug-likeness (QED) is 0.545. The summed E-state index contributed by atoms with van der Waals surface area (Å²) < 4.78 is 55.7. The Balaban J connectivity index is 2.15. The van der Waals surface area contributed by atoms with Crippen molar-refractivity contribution < 1.29 is 37.0 Å². The Morgan fingerprint density at radius 2 is 1.52 bits per heavy atom. The Kier molecular flexibility index (Phi) is 8.71. The van der Waals surface area contributed by atoms with Gasteiger partial charge in [0.25, 0.3) is 17.4 Å². The second-order valence-electron chi connectivity index (χ2n) is 6.48. The van der Waals surface area contributed by atoms with Gasteiger partial charge in [0, 0.05) is 17.8 Å². The van der Waals surface area contributed by atoms with E-state index in [9.17, 15) is 27.6 Å². The summed E-state index contributed by atoms with van der Waals surface area (Å²) in [5, 5.41) is 0. The maximum atomic E-state index is 12.8. The molecule has 0 aliphatic carbocycles. The molecule has 1 heterocycles. The zero-order valence-electron chi connectivity index (χ0n) is 18.2. The second-order valence-corrected chi connectivity index (χ2v) is 6.48. The van der Waals surface area contributed by atoms with E-state index < -0.39 is 35.7 Å². The number of halogens is 3. The minimum Gasteiger partial charge on any atom is -0.490 e. The van der Waals surface area contributed by atoms with Crippen molar-refractivity contribution in [1.29, 1.82) is 0 Å². The van der Waals surface area contributed by atoms with Crippen LogP contribution in [0.5, 0.6) is 17.2 Å². The van der Waals surface area contributed by atoms with Gasteiger partial charge in [-0.25, -0.2) is 0 Å². The molecule has 33 heavy (non-hydrogen) atoms. The van der Waals surface area contributed by atoms with E-state index >= 15 is 0 Å². The average Bonchev–Trinajstić information content (AvgIpc) is 2.75. The summed E-state index contributed by atoms with van der Waals surface area (Å²) in [7, 11) is 0. The predicted molar refractivity (Wildman–Crippen MR) is 111 cm³/mol. The van der Waals surface area contributed by atoms with Crippen LogP contribution >= 0.6 is 0 Å². The molecule has 2 amide bonds. The molecule has 0 saturated heterocycles. The summed E-state index contributed by atoms with van der Waals surface area (Å²) in [6.45, 7) is 5.45. The van der Waals surface area contributed by atoms with Gasteiger partial charge in [0.15, 0.2) is 11.5 Å². The van der Waals surface area contributed by atoms with Crippen molar-refractivity contribution >= 4 is 11.8 Å². The number of rotatable bonds is 9. The minimum atomic E-state index is -4.68. The SMILES string of the molecule is CCOc1cc(C(=O)NNC(=O)Cn2cc(C(F)(F)F)ccc2=O)cc(OCC)c1OCC. The fraction of sp³-hybridized carbons (Fsp3) is 0.381. The number of nitrogens with one attached hydrogen (secondary N) is 2. The number of nitrogens with zero attached hydrogens (tertiary/aromatic N) is 1. The summed E-state index contributed by atoms with van der Waals surface area (Å²) in [5.41, 5.74) is 2.39. The molecule has 0 spiro atoms.